The largest absolute Gasteiger partial charge is 0.632 e. The molecule has 0 saturated carbocycles. The van der Waals surface area contributed by atoms with Gasteiger partial charge in [-0.3, -0.25) is 0 Å². The Kier molecular flexibility index (Phi) is 7.70. The molecule has 8 nitrogen and oxygen atoms in total. The maximum absolute atomic E-state index is 12.3. The molecule has 26 heavy (non-hydrogen) atoms. The van der Waals surface area contributed by atoms with E-state index in [-0.39, 0.29) is 13.1 Å². The molecule has 0 bridgehead atoms. The summed E-state index contributed by atoms with van der Waals surface area (Å²) in [5, 5.41) is 30.1. The van der Waals surface area contributed by atoms with Crippen molar-refractivity contribution in [2.24, 2.45) is 0 Å². The molecule has 3 saturated heterocycles. The van der Waals surface area contributed by atoms with E-state index in [1.54, 1.807) is 6.20 Å². The van der Waals surface area contributed by atoms with Crippen LogP contribution in [0.2, 0.25) is 0 Å². The van der Waals surface area contributed by atoms with Crippen LogP contribution in [0.25, 0.3) is 11.2 Å². The van der Waals surface area contributed by atoms with Gasteiger partial charge in [0.05, 0.1) is 18.4 Å². The molecule has 9 heteroatoms. The summed E-state index contributed by atoms with van der Waals surface area (Å²) in [6, 6.07) is 1.87. The van der Waals surface area contributed by atoms with Crippen molar-refractivity contribution in [1.29, 1.82) is 0 Å². The quantitative estimate of drug-likeness (QED) is 0.539. The Morgan fingerprint density at radius 2 is 1.54 bits per heavy atom. The van der Waals surface area contributed by atoms with Crippen LogP contribution in [0.15, 0.2) is 12.3 Å². The number of fused-ring (bicyclic) bond motifs is 1. The maximum atomic E-state index is 12.3. The summed E-state index contributed by atoms with van der Waals surface area (Å²) in [5.41, 5.74) is 1.40. The molecular formula is C17H30N7OP. The predicted octanol–water partition coefficient (Wildman–Crippen LogP) is 1.42. The van der Waals surface area contributed by atoms with Crippen LogP contribution < -0.4 is 15.9 Å². The highest BCUT2D eigenvalue weighted by molar-refractivity contribution is 7.41. The Labute approximate surface area is 156 Å². The standard InChI is InChI=1S/C9H12N5OP.2C4H9N/c15-14(5-1-2-6-14)16-7-3-4-10-9-8(7)11-13-12-9;2*1-2-4-5-3-1/h3-4,16H,1-2,5-6H2,(H,10,11,12,13);2*5H,1-4H2. The summed E-state index contributed by atoms with van der Waals surface area (Å²) in [6.07, 6.45) is 9.32. The average Bonchev–Trinajstić information content (AvgIpc) is 3.43. The molecule has 3 N–H and O–H groups in total. The van der Waals surface area contributed by atoms with Gasteiger partial charge in [-0.15, -0.1) is 5.10 Å². The van der Waals surface area contributed by atoms with Crippen LogP contribution in [0, 0.1) is 5.21 Å². The van der Waals surface area contributed by atoms with Gasteiger partial charge in [0.1, 0.15) is 14.2 Å². The van der Waals surface area contributed by atoms with Crippen LogP contribution in [0.1, 0.15) is 38.5 Å². The Morgan fingerprint density at radius 1 is 0.923 bits per heavy atom. The van der Waals surface area contributed by atoms with Gasteiger partial charge < -0.3 is 20.3 Å². The van der Waals surface area contributed by atoms with E-state index >= 15 is 0 Å². The fraction of sp³-hybridized carbons (Fsp3) is 0.706. The molecule has 2 aromatic rings. The zero-order chi connectivity index (χ0) is 18.1. The number of pyridine rings is 1. The van der Waals surface area contributed by atoms with Crippen molar-refractivity contribution in [2.75, 3.05) is 39.3 Å². The Balaban J connectivity index is 0.000000159. The van der Waals surface area contributed by atoms with E-state index in [9.17, 15) is 5.21 Å². The number of aromatic nitrogens is 4. The first-order chi connectivity index (χ1) is 12.8. The Bertz CT molecular complexity index is 626. The van der Waals surface area contributed by atoms with Gasteiger partial charge in [-0.05, 0) is 57.9 Å². The van der Waals surface area contributed by atoms with Crippen molar-refractivity contribution in [3.05, 3.63) is 17.5 Å². The number of quaternary nitrogens is 1. The summed E-state index contributed by atoms with van der Waals surface area (Å²) in [7, 11) is 0.201. The smallest absolute Gasteiger partial charge is 0.176 e. The second kappa shape index (κ2) is 10.2. The maximum Gasteiger partial charge on any atom is 0.176 e. The van der Waals surface area contributed by atoms with Crippen LogP contribution in [0.4, 0.5) is 0 Å². The average molecular weight is 379 g/mol. The van der Waals surface area contributed by atoms with E-state index in [0.29, 0.717) is 5.65 Å². The molecule has 0 aliphatic carbocycles. The minimum Gasteiger partial charge on any atom is -0.632 e. The van der Waals surface area contributed by atoms with E-state index < -0.39 is 0 Å². The van der Waals surface area contributed by atoms with E-state index in [0.717, 1.165) is 36.8 Å². The molecule has 144 valence electrons. The van der Waals surface area contributed by atoms with Crippen molar-refractivity contribution >= 4 is 25.2 Å². The molecule has 0 radical (unpaired) electrons. The van der Waals surface area contributed by atoms with Gasteiger partial charge in [0.15, 0.2) is 5.65 Å². The van der Waals surface area contributed by atoms with E-state index in [1.165, 1.54) is 51.9 Å². The number of rotatable bonds is 2. The highest BCUT2D eigenvalue weighted by atomic mass is 31.1. The number of nitrogens with one attached hydrogen (secondary N) is 3. The summed E-state index contributed by atoms with van der Waals surface area (Å²) in [6.45, 7) is 6.44. The lowest BCUT2D eigenvalue weighted by Crippen LogP contribution is -2.31. The first-order valence-electron chi connectivity index (χ1n) is 9.70. The third kappa shape index (κ3) is 5.93. The second-order valence-corrected chi connectivity index (χ2v) is 8.51. The molecule has 3 aliphatic heterocycles. The Morgan fingerprint density at radius 3 is 2.08 bits per heavy atom. The summed E-state index contributed by atoms with van der Waals surface area (Å²) in [5.74, 6) is 0. The van der Waals surface area contributed by atoms with Gasteiger partial charge >= 0.3 is 0 Å². The third-order valence-corrected chi connectivity index (χ3v) is 6.26. The molecule has 1 unspecified atom stereocenters. The van der Waals surface area contributed by atoms with Gasteiger partial charge in [0.25, 0.3) is 0 Å². The number of nitrogens with zero attached hydrogens (tertiary/aromatic N) is 4. The van der Waals surface area contributed by atoms with Crippen molar-refractivity contribution in [1.82, 2.24) is 31.0 Å². The fourth-order valence-corrected chi connectivity index (χ4v) is 4.68. The van der Waals surface area contributed by atoms with E-state index in [4.69, 9.17) is 0 Å². The topological polar surface area (TPSA) is 102 Å². The van der Waals surface area contributed by atoms with E-state index in [2.05, 4.69) is 31.0 Å². The molecular weight excluding hydrogens is 349 g/mol. The van der Waals surface area contributed by atoms with Crippen molar-refractivity contribution in [2.45, 2.75) is 38.5 Å². The predicted molar refractivity (Wildman–Crippen MR) is 106 cm³/mol. The number of hydrogen-bond acceptors (Lipinski definition) is 6. The number of H-pyrrole nitrogens is 1. The lowest BCUT2D eigenvalue weighted by Gasteiger charge is -2.37. The minimum absolute atomic E-state index is 0.105. The van der Waals surface area contributed by atoms with E-state index in [1.807, 2.05) is 6.07 Å². The highest BCUT2D eigenvalue weighted by Crippen LogP contribution is 2.34. The molecule has 1 atom stereocenters. The van der Waals surface area contributed by atoms with Gasteiger partial charge in [-0.2, -0.15) is 0 Å². The first kappa shape index (κ1) is 19.6. The summed E-state index contributed by atoms with van der Waals surface area (Å²) < 4.78 is -0.105. The van der Waals surface area contributed by atoms with Gasteiger partial charge in [0, 0.05) is 19.0 Å². The summed E-state index contributed by atoms with van der Waals surface area (Å²) >= 11 is 0. The monoisotopic (exact) mass is 379 g/mol. The molecule has 0 amide bonds. The first-order valence-corrected chi connectivity index (χ1v) is 10.7. The van der Waals surface area contributed by atoms with Crippen molar-refractivity contribution in [3.8, 4) is 0 Å². The zero-order valence-corrected chi connectivity index (χ0v) is 16.3. The lowest BCUT2D eigenvalue weighted by atomic mass is 10.4. The van der Waals surface area contributed by atoms with Crippen LogP contribution in [0.5, 0.6) is 0 Å². The van der Waals surface area contributed by atoms with Crippen LogP contribution in [-0.4, -0.2) is 64.1 Å². The number of hydrogen-bond donors (Lipinski definition) is 3. The zero-order valence-electron chi connectivity index (χ0n) is 15.3. The molecule has 0 aromatic carbocycles. The highest BCUT2D eigenvalue weighted by Gasteiger charge is 2.25. The molecule has 2 aromatic heterocycles. The van der Waals surface area contributed by atoms with Crippen molar-refractivity contribution in [3.63, 3.8) is 0 Å². The fourth-order valence-electron chi connectivity index (χ4n) is 3.28. The second-order valence-electron chi connectivity index (χ2n) is 6.94. The molecule has 0 spiro atoms. The van der Waals surface area contributed by atoms with Crippen LogP contribution in [-0.2, 0) is 0 Å². The van der Waals surface area contributed by atoms with Crippen LogP contribution >= 0.6 is 8.73 Å². The third-order valence-electron chi connectivity index (χ3n) is 4.76. The number of aromatic amines is 1. The molecule has 5 heterocycles. The minimum atomic E-state index is -0.105. The normalized spacial score (nSPS) is 21.6. The Hall–Kier alpha value is -1.18. The molecule has 3 aliphatic rings. The summed E-state index contributed by atoms with van der Waals surface area (Å²) in [4.78, 5) is 4.11. The van der Waals surface area contributed by atoms with Gasteiger partial charge in [-0.25, -0.2) is 10.1 Å². The van der Waals surface area contributed by atoms with Crippen LogP contribution in [0.3, 0.4) is 0 Å². The van der Waals surface area contributed by atoms with Crippen molar-refractivity contribution < 1.29 is 4.42 Å². The number of hydroxylamine groups is 2. The molecule has 5 rings (SSSR count). The lowest BCUT2D eigenvalue weighted by molar-refractivity contribution is -0.733. The molecule has 3 fully saturated rings. The van der Waals surface area contributed by atoms with Gasteiger partial charge in [-0.1, -0.05) is 5.21 Å². The SMILES string of the molecule is C1CCNC1.C1CCNC1.[O-][N+]1(Pc2ccnc3[nH]nnc23)CCCC1. The van der Waals surface area contributed by atoms with Gasteiger partial charge in [0.2, 0.25) is 0 Å².